The summed E-state index contributed by atoms with van der Waals surface area (Å²) in [7, 11) is 0. The van der Waals surface area contributed by atoms with Crippen LogP contribution >= 0.6 is 0 Å². The Morgan fingerprint density at radius 3 is 2.52 bits per heavy atom. The number of fused-ring (bicyclic) bond motifs is 1. The van der Waals surface area contributed by atoms with Gasteiger partial charge in [0.25, 0.3) is 0 Å². The molecule has 0 saturated carbocycles. The van der Waals surface area contributed by atoms with Crippen molar-refractivity contribution in [3.8, 4) is 22.6 Å². The second-order valence-electron chi connectivity index (χ2n) is 6.66. The summed E-state index contributed by atoms with van der Waals surface area (Å²) in [5.41, 5.74) is 8.00. The van der Waals surface area contributed by atoms with Crippen LogP contribution in [0.15, 0.2) is 42.5 Å². The summed E-state index contributed by atoms with van der Waals surface area (Å²) < 4.78 is 5.74. The summed E-state index contributed by atoms with van der Waals surface area (Å²) in [5, 5.41) is 18.7. The van der Waals surface area contributed by atoms with Crippen molar-refractivity contribution in [2.75, 3.05) is 12.3 Å². The maximum atomic E-state index is 12.1. The third-order valence-electron chi connectivity index (χ3n) is 4.68. The van der Waals surface area contributed by atoms with Crippen LogP contribution in [0.4, 0.5) is 5.69 Å². The Morgan fingerprint density at radius 2 is 1.81 bits per heavy atom. The van der Waals surface area contributed by atoms with Crippen LogP contribution in [0.2, 0.25) is 0 Å². The van der Waals surface area contributed by atoms with Crippen LogP contribution in [0, 0.1) is 5.41 Å². The summed E-state index contributed by atoms with van der Waals surface area (Å²) in [4.78, 5) is 12.1. The van der Waals surface area contributed by atoms with E-state index in [1.807, 2.05) is 24.3 Å². The minimum Gasteiger partial charge on any atom is -0.507 e. The first-order valence-corrected chi connectivity index (χ1v) is 9.23. The Hall–Kier alpha value is -3.08. The van der Waals surface area contributed by atoms with Crippen LogP contribution in [0.25, 0.3) is 11.1 Å². The van der Waals surface area contributed by atoms with Gasteiger partial charge >= 0.3 is 0 Å². The highest BCUT2D eigenvalue weighted by Crippen LogP contribution is 2.40. The maximum absolute atomic E-state index is 12.1. The molecule has 4 N–H and O–H groups in total. The van der Waals surface area contributed by atoms with Crippen LogP contribution < -0.4 is 10.5 Å². The van der Waals surface area contributed by atoms with E-state index in [0.717, 1.165) is 24.2 Å². The predicted octanol–water partition coefficient (Wildman–Crippen LogP) is 4.72. The number of hydrogen-bond acceptors (Lipinski definition) is 5. The zero-order chi connectivity index (χ0) is 19.4. The number of nitrogens with one attached hydrogen (secondary N) is 1. The summed E-state index contributed by atoms with van der Waals surface area (Å²) in [6.07, 6.45) is 7.28. The van der Waals surface area contributed by atoms with Gasteiger partial charge in [-0.2, -0.15) is 0 Å². The maximum Gasteiger partial charge on any atom is 0.188 e. The number of carbonyl (C=O) groups is 1. The van der Waals surface area contributed by atoms with Crippen LogP contribution in [0.3, 0.4) is 0 Å². The van der Waals surface area contributed by atoms with E-state index in [1.54, 1.807) is 6.07 Å². The van der Waals surface area contributed by atoms with Crippen molar-refractivity contribution in [1.29, 1.82) is 5.41 Å². The van der Waals surface area contributed by atoms with Gasteiger partial charge in [-0.15, -0.1) is 0 Å². The van der Waals surface area contributed by atoms with E-state index in [4.69, 9.17) is 15.9 Å². The SMILES string of the molecule is CCCCCCOc1ccc(-c2cc(N)c3c(c2O)C(=N)C=CC3=O)cc1. The smallest absolute Gasteiger partial charge is 0.188 e. The van der Waals surface area contributed by atoms with Crippen molar-refractivity contribution >= 4 is 17.2 Å². The number of phenolic OH excluding ortho intramolecular Hbond substituents is 1. The second kappa shape index (κ2) is 8.08. The number of rotatable bonds is 7. The molecule has 140 valence electrons. The molecule has 0 spiro atoms. The molecule has 2 aromatic rings. The van der Waals surface area contributed by atoms with Gasteiger partial charge in [0, 0.05) is 11.3 Å². The van der Waals surface area contributed by atoms with Gasteiger partial charge in [-0.3, -0.25) is 4.79 Å². The fraction of sp³-hybridized carbons (Fsp3) is 0.273. The molecule has 0 saturated heterocycles. The zero-order valence-corrected chi connectivity index (χ0v) is 15.4. The van der Waals surface area contributed by atoms with Crippen molar-refractivity contribution < 1.29 is 14.6 Å². The lowest BCUT2D eigenvalue weighted by Gasteiger charge is -2.18. The number of ether oxygens (including phenoxy) is 1. The molecule has 27 heavy (non-hydrogen) atoms. The number of unbranched alkanes of at least 4 members (excludes halogenated alkanes) is 3. The van der Waals surface area contributed by atoms with Gasteiger partial charge in [-0.25, -0.2) is 0 Å². The Balaban J connectivity index is 1.83. The van der Waals surface area contributed by atoms with Crippen LogP contribution in [-0.2, 0) is 0 Å². The molecule has 0 unspecified atom stereocenters. The van der Waals surface area contributed by atoms with Crippen molar-refractivity contribution in [1.82, 2.24) is 0 Å². The largest absolute Gasteiger partial charge is 0.507 e. The van der Waals surface area contributed by atoms with E-state index < -0.39 is 0 Å². The highest BCUT2D eigenvalue weighted by atomic mass is 16.5. The minimum atomic E-state index is -0.299. The van der Waals surface area contributed by atoms with Gasteiger partial charge in [-0.05, 0) is 42.3 Å². The van der Waals surface area contributed by atoms with Crippen LogP contribution in [0.1, 0.15) is 48.5 Å². The normalized spacial score (nSPS) is 12.9. The molecule has 0 amide bonds. The van der Waals surface area contributed by atoms with Crippen LogP contribution in [0.5, 0.6) is 11.5 Å². The summed E-state index contributed by atoms with van der Waals surface area (Å²) in [6.45, 7) is 2.86. The minimum absolute atomic E-state index is 0.0719. The number of phenols is 1. The van der Waals surface area contributed by atoms with Crippen molar-refractivity contribution in [3.05, 3.63) is 53.6 Å². The fourth-order valence-electron chi connectivity index (χ4n) is 3.22. The molecule has 1 aliphatic rings. The quantitative estimate of drug-likeness (QED) is 0.376. The van der Waals surface area contributed by atoms with Gasteiger partial charge in [0.15, 0.2) is 5.78 Å². The predicted molar refractivity (Wildman–Crippen MR) is 108 cm³/mol. The zero-order valence-electron chi connectivity index (χ0n) is 15.4. The summed E-state index contributed by atoms with van der Waals surface area (Å²) in [6, 6.07) is 8.96. The molecule has 3 rings (SSSR count). The molecule has 2 aromatic carbocycles. The Kier molecular flexibility index (Phi) is 5.60. The molecule has 0 fully saturated rings. The number of carbonyl (C=O) groups excluding carboxylic acids is 1. The summed E-state index contributed by atoms with van der Waals surface area (Å²) in [5.74, 6) is 0.369. The van der Waals surface area contributed by atoms with E-state index in [2.05, 4.69) is 6.92 Å². The van der Waals surface area contributed by atoms with E-state index in [0.29, 0.717) is 12.2 Å². The number of ketones is 1. The number of aromatic hydroxyl groups is 1. The number of allylic oxidation sites excluding steroid dienone is 2. The van der Waals surface area contributed by atoms with E-state index in [-0.39, 0.29) is 34.1 Å². The lowest BCUT2D eigenvalue weighted by Crippen LogP contribution is -2.15. The Labute approximate surface area is 159 Å². The highest BCUT2D eigenvalue weighted by molar-refractivity contribution is 6.26. The van der Waals surface area contributed by atoms with Gasteiger partial charge in [0.05, 0.1) is 23.4 Å². The third kappa shape index (κ3) is 3.87. The van der Waals surface area contributed by atoms with Crippen molar-refractivity contribution in [2.45, 2.75) is 32.6 Å². The average Bonchev–Trinajstić information content (AvgIpc) is 2.67. The Morgan fingerprint density at radius 1 is 1.07 bits per heavy atom. The van der Waals surface area contributed by atoms with Crippen molar-refractivity contribution in [2.24, 2.45) is 0 Å². The number of hydrogen-bond donors (Lipinski definition) is 3. The molecule has 0 heterocycles. The first-order chi connectivity index (χ1) is 13.0. The Bertz CT molecular complexity index is 899. The van der Waals surface area contributed by atoms with E-state index in [9.17, 15) is 9.90 Å². The number of benzene rings is 2. The lowest BCUT2D eigenvalue weighted by molar-refractivity contribution is 0.104. The molecule has 1 aliphatic carbocycles. The lowest BCUT2D eigenvalue weighted by atomic mass is 9.88. The molecule has 5 nitrogen and oxygen atoms in total. The second-order valence-corrected chi connectivity index (χ2v) is 6.66. The molecule has 0 radical (unpaired) electrons. The molecule has 0 aliphatic heterocycles. The topological polar surface area (TPSA) is 96.4 Å². The summed E-state index contributed by atoms with van der Waals surface area (Å²) >= 11 is 0. The number of anilines is 1. The average molecular weight is 364 g/mol. The fourth-order valence-corrected chi connectivity index (χ4v) is 3.22. The van der Waals surface area contributed by atoms with Gasteiger partial charge in [-0.1, -0.05) is 38.3 Å². The molecule has 0 bridgehead atoms. The molecule has 0 aromatic heterocycles. The number of nitrogen functional groups attached to an aromatic ring is 1. The van der Waals surface area contributed by atoms with E-state index in [1.165, 1.54) is 25.0 Å². The van der Waals surface area contributed by atoms with Crippen molar-refractivity contribution in [3.63, 3.8) is 0 Å². The van der Waals surface area contributed by atoms with Gasteiger partial charge < -0.3 is 21.0 Å². The van der Waals surface area contributed by atoms with E-state index >= 15 is 0 Å². The third-order valence-corrected chi connectivity index (χ3v) is 4.68. The highest BCUT2D eigenvalue weighted by Gasteiger charge is 2.25. The molecular weight excluding hydrogens is 340 g/mol. The molecule has 0 atom stereocenters. The van der Waals surface area contributed by atoms with Gasteiger partial charge in [0.1, 0.15) is 11.5 Å². The molecular formula is C22H24N2O3. The standard InChI is InChI=1S/C22H24N2O3/c1-2-3-4-5-12-27-15-8-6-14(7-9-15)16-13-18(24)20-19(25)11-10-17(23)21(20)22(16)26/h6-11,13,23,26H,2-5,12,24H2,1H3. The van der Waals surface area contributed by atoms with Gasteiger partial charge in [0.2, 0.25) is 0 Å². The number of nitrogens with two attached hydrogens (primary N) is 1. The molecule has 5 heteroatoms. The first-order valence-electron chi connectivity index (χ1n) is 9.23. The first kappa shape index (κ1) is 18.7. The van der Waals surface area contributed by atoms with Crippen LogP contribution in [-0.4, -0.2) is 23.2 Å². The monoisotopic (exact) mass is 364 g/mol.